The molecule has 1 aromatic carbocycles. The summed E-state index contributed by atoms with van der Waals surface area (Å²) >= 11 is 0. The lowest BCUT2D eigenvalue weighted by atomic mass is 10.1. The number of aryl methyl sites for hydroxylation is 1. The highest BCUT2D eigenvalue weighted by Crippen LogP contribution is 2.04. The molecule has 0 spiro atoms. The van der Waals surface area contributed by atoms with Crippen LogP contribution < -0.4 is 0 Å². The summed E-state index contributed by atoms with van der Waals surface area (Å²) < 4.78 is 9.79. The summed E-state index contributed by atoms with van der Waals surface area (Å²) in [4.78, 5) is 9.82. The van der Waals surface area contributed by atoms with Crippen molar-refractivity contribution in [2.75, 3.05) is 19.8 Å². The van der Waals surface area contributed by atoms with Gasteiger partial charge in [-0.05, 0) is 24.8 Å². The zero-order valence-electron chi connectivity index (χ0n) is 9.43. The van der Waals surface area contributed by atoms with Crippen LogP contribution in [0.3, 0.4) is 0 Å². The molecule has 1 rings (SSSR count). The lowest BCUT2D eigenvalue weighted by Crippen LogP contribution is -2.04. The van der Waals surface area contributed by atoms with Crippen LogP contribution in [0.1, 0.15) is 18.4 Å². The third-order valence-corrected chi connectivity index (χ3v) is 2.26. The number of ether oxygens (including phenoxy) is 2. The minimum Gasteiger partial charge on any atom is -0.465 e. The van der Waals surface area contributed by atoms with Gasteiger partial charge in [-0.1, -0.05) is 30.3 Å². The van der Waals surface area contributed by atoms with Crippen molar-refractivity contribution in [1.82, 2.24) is 0 Å². The first kappa shape index (κ1) is 12.7. The van der Waals surface area contributed by atoms with Crippen LogP contribution in [0.2, 0.25) is 0 Å². The van der Waals surface area contributed by atoms with Crippen LogP contribution in [0.5, 0.6) is 0 Å². The molecule has 3 nitrogen and oxygen atoms in total. The van der Waals surface area contributed by atoms with Crippen molar-refractivity contribution in [2.45, 2.75) is 19.3 Å². The zero-order valence-corrected chi connectivity index (χ0v) is 9.43. The number of rotatable bonds is 9. The standard InChI is InChI=1S/C13H18O3/c14-12-16-11-10-15-9-5-4-8-13-6-2-1-3-7-13/h1-3,6-7,12H,4-5,8-11H2. The van der Waals surface area contributed by atoms with E-state index in [1.54, 1.807) is 0 Å². The molecule has 16 heavy (non-hydrogen) atoms. The van der Waals surface area contributed by atoms with E-state index in [0.717, 1.165) is 25.9 Å². The van der Waals surface area contributed by atoms with E-state index in [2.05, 4.69) is 29.0 Å². The van der Waals surface area contributed by atoms with Crippen LogP contribution in [0.25, 0.3) is 0 Å². The van der Waals surface area contributed by atoms with Gasteiger partial charge in [-0.3, -0.25) is 4.79 Å². The highest BCUT2D eigenvalue weighted by molar-refractivity contribution is 5.36. The molecule has 0 aliphatic rings. The second kappa shape index (κ2) is 8.92. The molecule has 0 bridgehead atoms. The van der Waals surface area contributed by atoms with Crippen molar-refractivity contribution in [3.05, 3.63) is 35.9 Å². The summed E-state index contributed by atoms with van der Waals surface area (Å²) in [6.45, 7) is 2.01. The third-order valence-electron chi connectivity index (χ3n) is 2.26. The third kappa shape index (κ3) is 6.19. The topological polar surface area (TPSA) is 35.5 Å². The second-order valence-electron chi connectivity index (χ2n) is 3.52. The quantitative estimate of drug-likeness (QED) is 0.474. The van der Waals surface area contributed by atoms with E-state index in [1.807, 2.05) is 6.07 Å². The van der Waals surface area contributed by atoms with E-state index in [0.29, 0.717) is 19.7 Å². The van der Waals surface area contributed by atoms with Crippen molar-refractivity contribution in [1.29, 1.82) is 0 Å². The van der Waals surface area contributed by atoms with Crippen LogP contribution in [0.4, 0.5) is 0 Å². The molecule has 0 aromatic heterocycles. The molecule has 0 fully saturated rings. The fourth-order valence-electron chi connectivity index (χ4n) is 1.44. The number of unbranched alkanes of at least 4 members (excludes halogenated alkanes) is 1. The maximum Gasteiger partial charge on any atom is 0.293 e. The monoisotopic (exact) mass is 222 g/mol. The Bertz CT molecular complexity index is 272. The summed E-state index contributed by atoms with van der Waals surface area (Å²) in [7, 11) is 0. The van der Waals surface area contributed by atoms with Crippen molar-refractivity contribution < 1.29 is 14.3 Å². The van der Waals surface area contributed by atoms with Crippen LogP contribution in [0.15, 0.2) is 30.3 Å². The molecular formula is C13H18O3. The molecule has 0 aliphatic carbocycles. The van der Waals surface area contributed by atoms with Gasteiger partial charge in [-0.25, -0.2) is 0 Å². The molecule has 3 heteroatoms. The van der Waals surface area contributed by atoms with Gasteiger partial charge in [-0.2, -0.15) is 0 Å². The van der Waals surface area contributed by atoms with Crippen molar-refractivity contribution in [3.63, 3.8) is 0 Å². The van der Waals surface area contributed by atoms with E-state index in [-0.39, 0.29) is 0 Å². The zero-order chi connectivity index (χ0) is 11.5. The summed E-state index contributed by atoms with van der Waals surface area (Å²) in [5.74, 6) is 0. The Balaban J connectivity index is 1.90. The van der Waals surface area contributed by atoms with E-state index >= 15 is 0 Å². The Labute approximate surface area is 96.4 Å². The average Bonchev–Trinajstić information content (AvgIpc) is 2.34. The molecule has 88 valence electrons. The van der Waals surface area contributed by atoms with Gasteiger partial charge in [0.15, 0.2) is 0 Å². The molecular weight excluding hydrogens is 204 g/mol. The van der Waals surface area contributed by atoms with Crippen LogP contribution in [0, 0.1) is 0 Å². The molecule has 0 atom stereocenters. The smallest absolute Gasteiger partial charge is 0.293 e. The summed E-state index contributed by atoms with van der Waals surface area (Å²) in [6, 6.07) is 10.4. The summed E-state index contributed by atoms with van der Waals surface area (Å²) in [5, 5.41) is 0. The molecule has 0 amide bonds. The highest BCUT2D eigenvalue weighted by Gasteiger charge is 1.93. The fourth-order valence-corrected chi connectivity index (χ4v) is 1.44. The Hall–Kier alpha value is -1.35. The second-order valence-corrected chi connectivity index (χ2v) is 3.52. The molecule has 0 saturated carbocycles. The fraction of sp³-hybridized carbons (Fsp3) is 0.462. The van der Waals surface area contributed by atoms with Crippen molar-refractivity contribution >= 4 is 6.47 Å². The SMILES string of the molecule is O=COCCOCCCCc1ccccc1. The lowest BCUT2D eigenvalue weighted by molar-refractivity contribution is -0.130. The number of benzene rings is 1. The predicted octanol–water partition coefficient (Wildman–Crippen LogP) is 2.20. The van der Waals surface area contributed by atoms with Crippen LogP contribution in [-0.4, -0.2) is 26.3 Å². The number of hydrogen-bond donors (Lipinski definition) is 0. The minimum atomic E-state index is 0.349. The average molecular weight is 222 g/mol. The maximum atomic E-state index is 9.82. The summed E-state index contributed by atoms with van der Waals surface area (Å²) in [5.41, 5.74) is 1.37. The van der Waals surface area contributed by atoms with E-state index in [4.69, 9.17) is 4.74 Å². The first-order valence-electron chi connectivity index (χ1n) is 5.60. The van der Waals surface area contributed by atoms with Gasteiger partial charge in [0.25, 0.3) is 6.47 Å². The Kier molecular flexibility index (Phi) is 7.09. The van der Waals surface area contributed by atoms with Gasteiger partial charge in [0, 0.05) is 6.61 Å². The highest BCUT2D eigenvalue weighted by atomic mass is 16.5. The van der Waals surface area contributed by atoms with Gasteiger partial charge >= 0.3 is 0 Å². The van der Waals surface area contributed by atoms with Crippen LogP contribution in [-0.2, 0) is 20.7 Å². The van der Waals surface area contributed by atoms with E-state index in [1.165, 1.54) is 5.56 Å². The molecule has 0 unspecified atom stereocenters. The number of hydrogen-bond acceptors (Lipinski definition) is 3. The molecule has 1 aromatic rings. The largest absolute Gasteiger partial charge is 0.465 e. The Morgan fingerprint density at radius 1 is 1.00 bits per heavy atom. The van der Waals surface area contributed by atoms with Crippen molar-refractivity contribution in [2.24, 2.45) is 0 Å². The van der Waals surface area contributed by atoms with Gasteiger partial charge in [0.05, 0.1) is 6.61 Å². The minimum absolute atomic E-state index is 0.349. The Morgan fingerprint density at radius 2 is 1.81 bits per heavy atom. The number of carbonyl (C=O) groups excluding carboxylic acids is 1. The lowest BCUT2D eigenvalue weighted by Gasteiger charge is -2.03. The summed E-state index contributed by atoms with van der Waals surface area (Å²) in [6.07, 6.45) is 3.25. The van der Waals surface area contributed by atoms with Gasteiger partial charge in [-0.15, -0.1) is 0 Å². The molecule has 0 saturated heterocycles. The molecule has 0 N–H and O–H groups in total. The number of carbonyl (C=O) groups is 1. The van der Waals surface area contributed by atoms with Gasteiger partial charge in [0.2, 0.25) is 0 Å². The molecule has 0 heterocycles. The van der Waals surface area contributed by atoms with Gasteiger partial charge in [0.1, 0.15) is 6.61 Å². The first-order valence-corrected chi connectivity index (χ1v) is 5.60. The van der Waals surface area contributed by atoms with Crippen molar-refractivity contribution in [3.8, 4) is 0 Å². The van der Waals surface area contributed by atoms with Gasteiger partial charge < -0.3 is 9.47 Å². The molecule has 0 aliphatic heterocycles. The van der Waals surface area contributed by atoms with Crippen LogP contribution >= 0.6 is 0 Å². The predicted molar refractivity (Wildman–Crippen MR) is 62.2 cm³/mol. The normalized spacial score (nSPS) is 10.0. The Morgan fingerprint density at radius 3 is 2.56 bits per heavy atom. The molecule has 0 radical (unpaired) electrons. The van der Waals surface area contributed by atoms with E-state index in [9.17, 15) is 4.79 Å². The first-order chi connectivity index (χ1) is 7.93. The maximum absolute atomic E-state index is 9.82. The van der Waals surface area contributed by atoms with E-state index < -0.39 is 0 Å².